The molecule has 118 valence electrons. The number of rotatable bonds is 3. The molecule has 5 nitrogen and oxygen atoms in total. The highest BCUT2D eigenvalue weighted by atomic mass is 79.9. The third-order valence-corrected chi connectivity index (χ3v) is 3.42. The van der Waals surface area contributed by atoms with Crippen LogP contribution in [0.1, 0.15) is 39.6 Å². The van der Waals surface area contributed by atoms with E-state index in [9.17, 15) is 4.79 Å². The number of halogens is 1. The highest BCUT2D eigenvalue weighted by molar-refractivity contribution is 9.10. The van der Waals surface area contributed by atoms with Crippen molar-refractivity contribution in [3.8, 4) is 11.3 Å². The molecule has 0 bridgehead atoms. The summed E-state index contributed by atoms with van der Waals surface area (Å²) in [5, 5.41) is 2.76. The number of amides is 1. The zero-order valence-corrected chi connectivity index (χ0v) is 14.7. The standard InChI is InChI=1S/C16H20BrN3O2/c1-10(19-15(21)22-16(2,3)4)14-18-9-13(20-14)11-5-7-12(17)8-6-11/h5-10H,1-4H3,(H,18,20)(H,19,21)/t10-/m0/s1. The summed E-state index contributed by atoms with van der Waals surface area (Å²) in [6.07, 6.45) is 1.30. The number of carbonyl (C=O) groups excluding carboxylic acids is 1. The van der Waals surface area contributed by atoms with Crippen LogP contribution in [0.3, 0.4) is 0 Å². The summed E-state index contributed by atoms with van der Waals surface area (Å²) >= 11 is 3.41. The Labute approximate surface area is 138 Å². The largest absolute Gasteiger partial charge is 0.444 e. The normalized spacial score (nSPS) is 12.8. The van der Waals surface area contributed by atoms with Crippen LogP contribution in [-0.2, 0) is 4.74 Å². The lowest BCUT2D eigenvalue weighted by Gasteiger charge is -2.21. The second kappa shape index (κ2) is 6.52. The van der Waals surface area contributed by atoms with Gasteiger partial charge in [0.2, 0.25) is 0 Å². The average molecular weight is 366 g/mol. The Balaban J connectivity index is 2.04. The van der Waals surface area contributed by atoms with Crippen molar-refractivity contribution in [2.24, 2.45) is 0 Å². The van der Waals surface area contributed by atoms with Crippen LogP contribution in [0.25, 0.3) is 11.3 Å². The summed E-state index contributed by atoms with van der Waals surface area (Å²) in [6.45, 7) is 7.34. The molecule has 0 radical (unpaired) electrons. The molecule has 0 saturated heterocycles. The van der Waals surface area contributed by atoms with Crippen LogP contribution in [-0.4, -0.2) is 21.7 Å². The van der Waals surface area contributed by atoms with E-state index in [1.807, 2.05) is 52.0 Å². The summed E-state index contributed by atoms with van der Waals surface area (Å²) in [5.74, 6) is 0.684. The van der Waals surface area contributed by atoms with Gasteiger partial charge in [-0.15, -0.1) is 0 Å². The molecule has 6 heteroatoms. The van der Waals surface area contributed by atoms with E-state index in [1.165, 1.54) is 0 Å². The number of H-pyrrole nitrogens is 1. The Morgan fingerprint density at radius 2 is 1.95 bits per heavy atom. The minimum absolute atomic E-state index is 0.265. The van der Waals surface area contributed by atoms with E-state index in [1.54, 1.807) is 6.20 Å². The molecule has 1 amide bonds. The van der Waals surface area contributed by atoms with Crippen molar-refractivity contribution in [1.29, 1.82) is 0 Å². The lowest BCUT2D eigenvalue weighted by Crippen LogP contribution is -2.34. The number of nitrogens with one attached hydrogen (secondary N) is 2. The maximum Gasteiger partial charge on any atom is 0.408 e. The van der Waals surface area contributed by atoms with Crippen molar-refractivity contribution in [3.05, 3.63) is 40.8 Å². The molecule has 1 heterocycles. The zero-order valence-electron chi connectivity index (χ0n) is 13.1. The third-order valence-electron chi connectivity index (χ3n) is 2.89. The molecule has 22 heavy (non-hydrogen) atoms. The van der Waals surface area contributed by atoms with Gasteiger partial charge in [0.25, 0.3) is 0 Å². The maximum absolute atomic E-state index is 11.8. The van der Waals surface area contributed by atoms with Crippen molar-refractivity contribution < 1.29 is 9.53 Å². The van der Waals surface area contributed by atoms with Crippen LogP contribution in [0.2, 0.25) is 0 Å². The van der Waals surface area contributed by atoms with E-state index in [2.05, 4.69) is 31.2 Å². The number of nitrogens with zero attached hydrogens (tertiary/aromatic N) is 1. The molecule has 0 fully saturated rings. The van der Waals surface area contributed by atoms with Gasteiger partial charge in [0.15, 0.2) is 0 Å². The number of carbonyl (C=O) groups is 1. The van der Waals surface area contributed by atoms with Crippen LogP contribution in [0.4, 0.5) is 4.79 Å². The Bertz CT molecular complexity index is 644. The number of aromatic amines is 1. The zero-order chi connectivity index (χ0) is 16.3. The maximum atomic E-state index is 11.8. The molecule has 0 saturated carbocycles. The predicted molar refractivity (Wildman–Crippen MR) is 89.5 cm³/mol. The first-order valence-corrected chi connectivity index (χ1v) is 7.84. The van der Waals surface area contributed by atoms with E-state index in [0.29, 0.717) is 5.82 Å². The fourth-order valence-corrected chi connectivity index (χ4v) is 2.15. The Morgan fingerprint density at radius 3 is 2.55 bits per heavy atom. The fraction of sp³-hybridized carbons (Fsp3) is 0.375. The first-order valence-electron chi connectivity index (χ1n) is 7.05. The van der Waals surface area contributed by atoms with Crippen molar-refractivity contribution in [3.63, 3.8) is 0 Å². The Hall–Kier alpha value is -1.82. The first-order chi connectivity index (χ1) is 10.2. The minimum Gasteiger partial charge on any atom is -0.444 e. The summed E-state index contributed by atoms with van der Waals surface area (Å²) in [4.78, 5) is 19.3. The average Bonchev–Trinajstić information content (AvgIpc) is 2.86. The van der Waals surface area contributed by atoms with E-state index < -0.39 is 11.7 Å². The number of hydrogen-bond acceptors (Lipinski definition) is 3. The number of ether oxygens (including phenoxy) is 1. The van der Waals surface area contributed by atoms with Gasteiger partial charge in [-0.3, -0.25) is 0 Å². The Morgan fingerprint density at radius 1 is 1.32 bits per heavy atom. The van der Waals surface area contributed by atoms with Crippen LogP contribution in [0.5, 0.6) is 0 Å². The van der Waals surface area contributed by atoms with Crippen LogP contribution < -0.4 is 5.32 Å². The Kier molecular flexibility index (Phi) is 4.90. The SMILES string of the molecule is C[C@H](NC(=O)OC(C)(C)C)c1ncc(-c2ccc(Br)cc2)[nH]1. The number of alkyl carbamates (subject to hydrolysis) is 1. The molecule has 2 aromatic rings. The topological polar surface area (TPSA) is 67.0 Å². The van der Waals surface area contributed by atoms with E-state index in [4.69, 9.17) is 4.74 Å². The molecule has 1 atom stereocenters. The third kappa shape index (κ3) is 4.59. The molecule has 2 rings (SSSR count). The number of hydrogen-bond donors (Lipinski definition) is 2. The molecule has 0 unspecified atom stereocenters. The van der Waals surface area contributed by atoms with Gasteiger partial charge in [-0.2, -0.15) is 0 Å². The highest BCUT2D eigenvalue weighted by Crippen LogP contribution is 2.21. The number of imidazole rings is 1. The highest BCUT2D eigenvalue weighted by Gasteiger charge is 2.19. The molecule has 0 aliphatic carbocycles. The van der Waals surface area contributed by atoms with Gasteiger partial charge in [0, 0.05) is 4.47 Å². The molecule has 1 aromatic heterocycles. The van der Waals surface area contributed by atoms with Gasteiger partial charge < -0.3 is 15.0 Å². The van der Waals surface area contributed by atoms with Crippen molar-refractivity contribution in [2.75, 3.05) is 0 Å². The lowest BCUT2D eigenvalue weighted by molar-refractivity contribution is 0.0506. The van der Waals surface area contributed by atoms with Crippen LogP contribution in [0, 0.1) is 0 Å². The van der Waals surface area contributed by atoms with Gasteiger partial charge in [-0.05, 0) is 45.4 Å². The molecular formula is C16H20BrN3O2. The van der Waals surface area contributed by atoms with Gasteiger partial charge in [-0.25, -0.2) is 9.78 Å². The summed E-state index contributed by atoms with van der Waals surface area (Å²) in [6, 6.07) is 7.66. The monoisotopic (exact) mass is 365 g/mol. The summed E-state index contributed by atoms with van der Waals surface area (Å²) in [5.41, 5.74) is 1.42. The van der Waals surface area contributed by atoms with Gasteiger partial charge in [0.05, 0.1) is 17.9 Å². The predicted octanol–water partition coefficient (Wildman–Crippen LogP) is 4.42. The molecule has 0 aliphatic heterocycles. The van der Waals surface area contributed by atoms with Crippen LogP contribution in [0.15, 0.2) is 34.9 Å². The fourth-order valence-electron chi connectivity index (χ4n) is 1.89. The second-order valence-corrected chi connectivity index (χ2v) is 6.97. The van der Waals surface area contributed by atoms with E-state index >= 15 is 0 Å². The van der Waals surface area contributed by atoms with Gasteiger partial charge >= 0.3 is 6.09 Å². The quantitative estimate of drug-likeness (QED) is 0.845. The first kappa shape index (κ1) is 16.5. The molecule has 1 aromatic carbocycles. The number of benzene rings is 1. The summed E-state index contributed by atoms with van der Waals surface area (Å²) in [7, 11) is 0. The van der Waals surface area contributed by atoms with E-state index in [0.717, 1.165) is 15.7 Å². The molecule has 2 N–H and O–H groups in total. The number of aromatic nitrogens is 2. The molecule has 0 aliphatic rings. The smallest absolute Gasteiger partial charge is 0.408 e. The van der Waals surface area contributed by atoms with Crippen molar-refractivity contribution in [2.45, 2.75) is 39.3 Å². The lowest BCUT2D eigenvalue weighted by atomic mass is 10.2. The summed E-state index contributed by atoms with van der Waals surface area (Å²) < 4.78 is 6.26. The second-order valence-electron chi connectivity index (χ2n) is 6.06. The van der Waals surface area contributed by atoms with Gasteiger partial charge in [0.1, 0.15) is 11.4 Å². The van der Waals surface area contributed by atoms with Crippen molar-refractivity contribution >= 4 is 22.0 Å². The van der Waals surface area contributed by atoms with Crippen molar-refractivity contribution in [1.82, 2.24) is 15.3 Å². The molecule has 0 spiro atoms. The minimum atomic E-state index is -0.518. The molecular weight excluding hydrogens is 346 g/mol. The van der Waals surface area contributed by atoms with Gasteiger partial charge in [-0.1, -0.05) is 28.1 Å². The van der Waals surface area contributed by atoms with E-state index in [-0.39, 0.29) is 6.04 Å². The van der Waals surface area contributed by atoms with Crippen LogP contribution >= 0.6 is 15.9 Å².